The summed E-state index contributed by atoms with van der Waals surface area (Å²) in [6, 6.07) is 5.17. The van der Waals surface area contributed by atoms with Crippen LogP contribution < -0.4 is 10.6 Å². The molecule has 0 saturated carbocycles. The van der Waals surface area contributed by atoms with Gasteiger partial charge in [0.1, 0.15) is 0 Å². The molecule has 0 atom stereocenters. The first-order valence-electron chi connectivity index (χ1n) is 6.17. The molecule has 0 radical (unpaired) electrons. The Kier molecular flexibility index (Phi) is 4.67. The third-order valence-electron chi connectivity index (χ3n) is 2.74. The molecule has 0 unspecified atom stereocenters. The van der Waals surface area contributed by atoms with Crippen LogP contribution in [0.2, 0.25) is 0 Å². The third-order valence-corrected chi connectivity index (χ3v) is 2.74. The second kappa shape index (κ2) is 6.67. The van der Waals surface area contributed by atoms with Gasteiger partial charge in [0, 0.05) is 24.6 Å². The van der Waals surface area contributed by atoms with E-state index in [2.05, 4.69) is 20.8 Å². The van der Waals surface area contributed by atoms with Crippen LogP contribution in [0.4, 0.5) is 0 Å². The molecular weight excluding hydrogens is 260 g/mol. The molecule has 1 aromatic carbocycles. The van der Waals surface area contributed by atoms with Crippen LogP contribution >= 0.6 is 0 Å². The van der Waals surface area contributed by atoms with Crippen LogP contribution in [-0.4, -0.2) is 48.8 Å². The van der Waals surface area contributed by atoms with Crippen molar-refractivity contribution in [2.24, 2.45) is 0 Å². The molecule has 2 aromatic rings. The van der Waals surface area contributed by atoms with Crippen molar-refractivity contribution < 1.29 is 14.3 Å². The molecule has 1 aromatic heterocycles. The number of nitrogens with one attached hydrogen (secondary N) is 3. The fourth-order valence-corrected chi connectivity index (χ4v) is 1.70. The number of benzene rings is 1. The van der Waals surface area contributed by atoms with Gasteiger partial charge in [0.15, 0.2) is 0 Å². The van der Waals surface area contributed by atoms with E-state index in [4.69, 9.17) is 4.74 Å². The van der Waals surface area contributed by atoms with Gasteiger partial charge in [-0.15, -0.1) is 0 Å². The lowest BCUT2D eigenvalue weighted by atomic mass is 10.1. The number of fused-ring (bicyclic) bond motifs is 1. The minimum atomic E-state index is -0.296. The van der Waals surface area contributed by atoms with E-state index >= 15 is 0 Å². The Hall–Kier alpha value is -2.41. The zero-order chi connectivity index (χ0) is 14.4. The van der Waals surface area contributed by atoms with Gasteiger partial charge in [-0.25, -0.2) is 0 Å². The molecular formula is C13H16N4O3. The molecule has 2 rings (SSSR count). The molecule has 2 amide bonds. The molecule has 20 heavy (non-hydrogen) atoms. The highest BCUT2D eigenvalue weighted by Crippen LogP contribution is 2.12. The molecule has 0 saturated heterocycles. The van der Waals surface area contributed by atoms with E-state index in [1.165, 1.54) is 0 Å². The number of amides is 2. The number of nitrogens with zero attached hydrogens (tertiary/aromatic N) is 1. The quantitative estimate of drug-likeness (QED) is 0.650. The Balaban J connectivity index is 1.86. The van der Waals surface area contributed by atoms with E-state index in [1.54, 1.807) is 31.5 Å². The van der Waals surface area contributed by atoms with Gasteiger partial charge in [-0.1, -0.05) is 0 Å². The smallest absolute Gasteiger partial charge is 0.251 e. The van der Waals surface area contributed by atoms with Crippen molar-refractivity contribution in [1.29, 1.82) is 0 Å². The number of aromatic nitrogens is 2. The summed E-state index contributed by atoms with van der Waals surface area (Å²) in [5.41, 5.74) is 1.35. The highest BCUT2D eigenvalue weighted by atomic mass is 16.5. The van der Waals surface area contributed by atoms with Gasteiger partial charge in [0.2, 0.25) is 5.91 Å². The minimum Gasteiger partial charge on any atom is -0.383 e. The van der Waals surface area contributed by atoms with Crippen LogP contribution in [0, 0.1) is 0 Å². The van der Waals surface area contributed by atoms with Crippen LogP contribution in [0.1, 0.15) is 10.4 Å². The number of carbonyl (C=O) groups excluding carboxylic acids is 2. The molecule has 0 bridgehead atoms. The van der Waals surface area contributed by atoms with Gasteiger partial charge in [-0.3, -0.25) is 14.7 Å². The summed E-state index contributed by atoms with van der Waals surface area (Å²) in [5.74, 6) is -0.546. The first-order chi connectivity index (χ1) is 9.70. The maximum absolute atomic E-state index is 11.9. The Morgan fingerprint density at radius 3 is 3.00 bits per heavy atom. The predicted molar refractivity (Wildman–Crippen MR) is 73.3 cm³/mol. The van der Waals surface area contributed by atoms with Gasteiger partial charge >= 0.3 is 0 Å². The van der Waals surface area contributed by atoms with Gasteiger partial charge in [0.05, 0.1) is 24.9 Å². The Morgan fingerprint density at radius 1 is 1.35 bits per heavy atom. The van der Waals surface area contributed by atoms with Crippen LogP contribution in [0.3, 0.4) is 0 Å². The molecule has 3 N–H and O–H groups in total. The number of H-pyrrole nitrogens is 1. The highest BCUT2D eigenvalue weighted by Gasteiger charge is 2.08. The molecule has 0 fully saturated rings. The van der Waals surface area contributed by atoms with Gasteiger partial charge in [-0.05, 0) is 18.2 Å². The predicted octanol–water partition coefficient (Wildman–Crippen LogP) is 0.0553. The summed E-state index contributed by atoms with van der Waals surface area (Å²) < 4.78 is 4.81. The van der Waals surface area contributed by atoms with E-state index in [1.807, 2.05) is 0 Å². The number of methoxy groups -OCH3 is 1. The van der Waals surface area contributed by atoms with Crippen LogP contribution in [-0.2, 0) is 9.53 Å². The summed E-state index contributed by atoms with van der Waals surface area (Å²) in [4.78, 5) is 23.3. The number of ether oxygens (including phenoxy) is 1. The minimum absolute atomic E-state index is 0.0635. The maximum Gasteiger partial charge on any atom is 0.251 e. The highest BCUT2D eigenvalue weighted by molar-refractivity contribution is 5.99. The zero-order valence-corrected chi connectivity index (χ0v) is 11.1. The fourth-order valence-electron chi connectivity index (χ4n) is 1.70. The van der Waals surface area contributed by atoms with E-state index in [9.17, 15) is 9.59 Å². The van der Waals surface area contributed by atoms with E-state index in [0.717, 1.165) is 10.9 Å². The van der Waals surface area contributed by atoms with Crippen LogP contribution in [0.25, 0.3) is 10.9 Å². The molecule has 7 nitrogen and oxygen atoms in total. The van der Waals surface area contributed by atoms with Crippen molar-refractivity contribution >= 4 is 22.7 Å². The van der Waals surface area contributed by atoms with Crippen molar-refractivity contribution in [3.8, 4) is 0 Å². The molecule has 7 heteroatoms. The summed E-state index contributed by atoms with van der Waals surface area (Å²) in [5, 5.41) is 12.7. The summed E-state index contributed by atoms with van der Waals surface area (Å²) in [6.45, 7) is 0.801. The molecule has 0 aliphatic rings. The summed E-state index contributed by atoms with van der Waals surface area (Å²) in [7, 11) is 1.56. The zero-order valence-electron chi connectivity index (χ0n) is 11.1. The first kappa shape index (κ1) is 14.0. The Labute approximate surface area is 115 Å². The number of carbonyl (C=O) groups is 2. The van der Waals surface area contributed by atoms with E-state index < -0.39 is 0 Å². The third kappa shape index (κ3) is 3.55. The van der Waals surface area contributed by atoms with Crippen molar-refractivity contribution in [2.75, 3.05) is 26.8 Å². The average molecular weight is 276 g/mol. The SMILES string of the molecule is COCCNC(=O)CNC(=O)c1ccc2[nH]ncc2c1. The number of hydrogen-bond acceptors (Lipinski definition) is 4. The van der Waals surface area contributed by atoms with Crippen molar-refractivity contribution in [3.63, 3.8) is 0 Å². The standard InChI is InChI=1S/C13H16N4O3/c1-20-5-4-14-12(18)8-15-13(19)9-2-3-11-10(6-9)7-16-17-11/h2-3,6-7H,4-5,8H2,1H3,(H,14,18)(H,15,19)(H,16,17). The normalized spacial score (nSPS) is 10.4. The van der Waals surface area contributed by atoms with E-state index in [-0.39, 0.29) is 18.4 Å². The number of aromatic amines is 1. The summed E-state index contributed by atoms with van der Waals surface area (Å²) >= 11 is 0. The van der Waals surface area contributed by atoms with Crippen LogP contribution in [0.5, 0.6) is 0 Å². The first-order valence-corrected chi connectivity index (χ1v) is 6.17. The fraction of sp³-hybridized carbons (Fsp3) is 0.308. The molecule has 0 aliphatic carbocycles. The molecule has 0 aliphatic heterocycles. The van der Waals surface area contributed by atoms with Gasteiger partial charge in [-0.2, -0.15) is 5.10 Å². The lowest BCUT2D eigenvalue weighted by Gasteiger charge is -2.06. The number of rotatable bonds is 6. The molecule has 0 spiro atoms. The Bertz CT molecular complexity index is 608. The lowest BCUT2D eigenvalue weighted by molar-refractivity contribution is -0.120. The maximum atomic E-state index is 11.9. The summed E-state index contributed by atoms with van der Waals surface area (Å²) in [6.07, 6.45) is 1.64. The molecule has 106 valence electrons. The largest absolute Gasteiger partial charge is 0.383 e. The van der Waals surface area contributed by atoms with Crippen LogP contribution in [0.15, 0.2) is 24.4 Å². The lowest BCUT2D eigenvalue weighted by Crippen LogP contribution is -2.38. The van der Waals surface area contributed by atoms with E-state index in [0.29, 0.717) is 18.7 Å². The van der Waals surface area contributed by atoms with Gasteiger partial charge in [0.25, 0.3) is 5.91 Å². The van der Waals surface area contributed by atoms with Crippen molar-refractivity contribution in [3.05, 3.63) is 30.0 Å². The monoisotopic (exact) mass is 276 g/mol. The van der Waals surface area contributed by atoms with Crippen molar-refractivity contribution in [1.82, 2.24) is 20.8 Å². The second-order valence-corrected chi connectivity index (χ2v) is 4.20. The van der Waals surface area contributed by atoms with Crippen molar-refractivity contribution in [2.45, 2.75) is 0 Å². The number of hydrogen-bond donors (Lipinski definition) is 3. The topological polar surface area (TPSA) is 96.1 Å². The van der Waals surface area contributed by atoms with Gasteiger partial charge < -0.3 is 15.4 Å². The average Bonchev–Trinajstić information content (AvgIpc) is 2.92. The Morgan fingerprint density at radius 2 is 2.20 bits per heavy atom. The molecule has 1 heterocycles. The second-order valence-electron chi connectivity index (χ2n) is 4.20.